The van der Waals surface area contributed by atoms with Gasteiger partial charge < -0.3 is 24.5 Å². The predicted octanol–water partition coefficient (Wildman–Crippen LogP) is 0.852. The Kier molecular flexibility index (Phi) is 8.09. The van der Waals surface area contributed by atoms with E-state index in [0.717, 1.165) is 0 Å². The molecule has 0 bridgehead atoms. The molecular formula is C20H28N7O7P. The van der Waals surface area contributed by atoms with E-state index in [-0.39, 0.29) is 6.42 Å². The summed E-state index contributed by atoms with van der Waals surface area (Å²) in [6.07, 6.45) is 1.52. The predicted molar refractivity (Wildman–Crippen MR) is 122 cm³/mol. The smallest absolute Gasteiger partial charge is 0.342 e. The van der Waals surface area contributed by atoms with Gasteiger partial charge >= 0.3 is 19.6 Å². The SMILES string of the molecule is COC(=O)[C@H](C)NP(=O)(N[C@@H](C)C(=O)OC)OC[C@]1(C#N)CC[C@H](c2ccc3c(N)ncnn23)O1. The van der Waals surface area contributed by atoms with Crippen LogP contribution in [0.5, 0.6) is 0 Å². The lowest BCUT2D eigenvalue weighted by Crippen LogP contribution is -2.43. The molecule has 35 heavy (non-hydrogen) atoms. The van der Waals surface area contributed by atoms with Crippen LogP contribution in [-0.4, -0.2) is 65.0 Å². The third-order valence-electron chi connectivity index (χ3n) is 5.54. The number of esters is 2. The second-order valence-electron chi connectivity index (χ2n) is 8.02. The number of nitrogen functional groups attached to an aromatic ring is 1. The van der Waals surface area contributed by atoms with Crippen LogP contribution in [0.15, 0.2) is 18.5 Å². The van der Waals surface area contributed by atoms with Crippen LogP contribution in [-0.2, 0) is 32.9 Å². The zero-order chi connectivity index (χ0) is 25.8. The molecule has 0 aliphatic carbocycles. The van der Waals surface area contributed by atoms with Crippen molar-refractivity contribution in [3.8, 4) is 6.07 Å². The lowest BCUT2D eigenvalue weighted by molar-refractivity contribution is -0.142. The molecule has 0 saturated carbocycles. The van der Waals surface area contributed by atoms with Gasteiger partial charge in [0.05, 0.1) is 26.5 Å². The van der Waals surface area contributed by atoms with Crippen LogP contribution in [0.1, 0.15) is 38.5 Å². The van der Waals surface area contributed by atoms with E-state index >= 15 is 0 Å². The lowest BCUT2D eigenvalue weighted by Gasteiger charge is -2.28. The molecule has 0 unspecified atom stereocenters. The van der Waals surface area contributed by atoms with Crippen LogP contribution in [0.2, 0.25) is 0 Å². The van der Waals surface area contributed by atoms with Crippen molar-refractivity contribution in [2.75, 3.05) is 26.6 Å². The van der Waals surface area contributed by atoms with Crippen molar-refractivity contribution < 1.29 is 32.9 Å². The number of aromatic nitrogens is 3. The van der Waals surface area contributed by atoms with E-state index in [1.165, 1.54) is 34.4 Å². The molecule has 3 heterocycles. The minimum atomic E-state index is -4.07. The van der Waals surface area contributed by atoms with E-state index in [9.17, 15) is 19.4 Å². The van der Waals surface area contributed by atoms with Gasteiger partial charge in [0.1, 0.15) is 36.1 Å². The van der Waals surface area contributed by atoms with Gasteiger partial charge in [-0.2, -0.15) is 10.4 Å². The molecule has 15 heteroatoms. The van der Waals surface area contributed by atoms with Crippen molar-refractivity contribution in [3.63, 3.8) is 0 Å². The fourth-order valence-corrected chi connectivity index (χ4v) is 5.52. The van der Waals surface area contributed by atoms with Gasteiger partial charge in [-0.15, -0.1) is 0 Å². The first-order valence-electron chi connectivity index (χ1n) is 10.7. The minimum Gasteiger partial charge on any atom is -0.468 e. The highest BCUT2D eigenvalue weighted by Crippen LogP contribution is 2.45. The summed E-state index contributed by atoms with van der Waals surface area (Å²) in [6, 6.07) is 3.54. The number of nitriles is 1. The molecule has 190 valence electrons. The maximum absolute atomic E-state index is 13.6. The van der Waals surface area contributed by atoms with Gasteiger partial charge in [-0.25, -0.2) is 19.7 Å². The molecule has 1 saturated heterocycles. The summed E-state index contributed by atoms with van der Waals surface area (Å²) in [5.41, 5.74) is 5.71. The van der Waals surface area contributed by atoms with Gasteiger partial charge in [-0.05, 0) is 38.8 Å². The van der Waals surface area contributed by atoms with E-state index < -0.39 is 50.0 Å². The highest BCUT2D eigenvalue weighted by atomic mass is 31.2. The zero-order valence-corrected chi connectivity index (χ0v) is 20.7. The molecule has 4 N–H and O–H groups in total. The number of rotatable bonds is 10. The Balaban J connectivity index is 1.78. The average molecular weight is 509 g/mol. The van der Waals surface area contributed by atoms with Gasteiger partial charge in [0, 0.05) is 0 Å². The van der Waals surface area contributed by atoms with E-state index in [2.05, 4.69) is 35.8 Å². The number of carbonyl (C=O) groups is 2. The molecule has 0 spiro atoms. The summed E-state index contributed by atoms with van der Waals surface area (Å²) in [6.45, 7) is 2.42. The Morgan fingerprint density at radius 3 is 2.51 bits per heavy atom. The Bertz CT molecular complexity index is 1150. The number of nitrogens with zero attached hydrogens (tertiary/aromatic N) is 4. The maximum Gasteiger partial charge on any atom is 0.342 e. The average Bonchev–Trinajstić information content (AvgIpc) is 3.47. The number of methoxy groups -OCH3 is 2. The quantitative estimate of drug-likeness (QED) is 0.302. The van der Waals surface area contributed by atoms with Crippen molar-refractivity contribution in [1.29, 1.82) is 5.26 Å². The van der Waals surface area contributed by atoms with Gasteiger partial charge in [-0.1, -0.05) is 0 Å². The molecule has 3 rings (SSSR count). The van der Waals surface area contributed by atoms with Crippen LogP contribution in [0.4, 0.5) is 5.82 Å². The highest BCUT2D eigenvalue weighted by molar-refractivity contribution is 7.54. The molecule has 4 atom stereocenters. The number of hydrogen-bond acceptors (Lipinski definition) is 11. The van der Waals surface area contributed by atoms with E-state index in [4.69, 9.17) is 15.0 Å². The first-order chi connectivity index (χ1) is 16.6. The van der Waals surface area contributed by atoms with Gasteiger partial charge in [0.25, 0.3) is 0 Å². The fraction of sp³-hybridized carbons (Fsp3) is 0.550. The second kappa shape index (κ2) is 10.7. The summed E-state index contributed by atoms with van der Waals surface area (Å²) in [5, 5.41) is 19.2. The summed E-state index contributed by atoms with van der Waals surface area (Å²) in [4.78, 5) is 27.7. The number of nitrogens with one attached hydrogen (secondary N) is 2. The fourth-order valence-electron chi connectivity index (χ4n) is 3.68. The summed E-state index contributed by atoms with van der Waals surface area (Å²) in [5.74, 6) is -1.10. The van der Waals surface area contributed by atoms with E-state index in [1.807, 2.05) is 0 Å². The third-order valence-corrected chi connectivity index (χ3v) is 7.49. The van der Waals surface area contributed by atoms with Crippen LogP contribution in [0.25, 0.3) is 5.52 Å². The van der Waals surface area contributed by atoms with Crippen LogP contribution < -0.4 is 15.9 Å². The topological polar surface area (TPSA) is 192 Å². The van der Waals surface area contributed by atoms with Crippen LogP contribution in [0, 0.1) is 11.3 Å². The monoisotopic (exact) mass is 509 g/mol. The van der Waals surface area contributed by atoms with Crippen molar-refractivity contribution >= 4 is 30.9 Å². The second-order valence-corrected chi connectivity index (χ2v) is 9.90. The maximum atomic E-state index is 13.6. The van der Waals surface area contributed by atoms with Gasteiger partial charge in [-0.3, -0.25) is 14.2 Å². The molecule has 0 amide bonds. The molecular weight excluding hydrogens is 481 g/mol. The van der Waals surface area contributed by atoms with Crippen LogP contribution in [0.3, 0.4) is 0 Å². The number of anilines is 1. The Morgan fingerprint density at radius 1 is 1.31 bits per heavy atom. The molecule has 2 aromatic heterocycles. The summed E-state index contributed by atoms with van der Waals surface area (Å²) >= 11 is 0. The Morgan fingerprint density at radius 2 is 1.94 bits per heavy atom. The van der Waals surface area contributed by atoms with Crippen molar-refractivity contribution in [2.24, 2.45) is 0 Å². The largest absolute Gasteiger partial charge is 0.468 e. The first-order valence-corrected chi connectivity index (χ1v) is 12.3. The minimum absolute atomic E-state index is 0.265. The summed E-state index contributed by atoms with van der Waals surface area (Å²) in [7, 11) is -1.72. The third kappa shape index (κ3) is 5.77. The van der Waals surface area contributed by atoms with E-state index in [1.54, 1.807) is 16.6 Å². The lowest BCUT2D eigenvalue weighted by atomic mass is 10.0. The summed E-state index contributed by atoms with van der Waals surface area (Å²) < 4.78 is 36.1. The van der Waals surface area contributed by atoms with Crippen molar-refractivity contribution in [1.82, 2.24) is 24.8 Å². The highest BCUT2D eigenvalue weighted by Gasteiger charge is 2.45. The molecule has 14 nitrogen and oxygen atoms in total. The van der Waals surface area contributed by atoms with Gasteiger partial charge in [0.15, 0.2) is 11.4 Å². The van der Waals surface area contributed by atoms with Crippen molar-refractivity contribution in [3.05, 3.63) is 24.2 Å². The first kappa shape index (κ1) is 26.5. The van der Waals surface area contributed by atoms with Crippen LogP contribution >= 0.6 is 7.67 Å². The molecule has 2 aromatic rings. The molecule has 1 aliphatic heterocycles. The normalized spacial score (nSPS) is 21.9. The van der Waals surface area contributed by atoms with Crippen molar-refractivity contribution in [2.45, 2.75) is 50.5 Å². The Hall–Kier alpha value is -3.08. The standard InChI is InChI=1S/C20H28N7O7P/c1-12(18(28)31-3)25-35(30,26-13(2)19(29)32-4)33-10-20(9-21)8-7-16(34-20)14-5-6-15-17(22)23-11-24-27(14)15/h5-6,11-13,16H,7-8,10H2,1-4H3,(H2,22,23,24)(H2,25,26,30)/t12-,13-,16+,20+/m0/s1. The number of ether oxygens (including phenoxy) is 3. The molecule has 1 aliphatic rings. The number of hydrogen-bond donors (Lipinski definition) is 3. The Labute approximate surface area is 201 Å². The van der Waals surface area contributed by atoms with Gasteiger partial charge in [0.2, 0.25) is 0 Å². The molecule has 1 fully saturated rings. The molecule has 0 radical (unpaired) electrons. The van der Waals surface area contributed by atoms with E-state index in [0.29, 0.717) is 23.4 Å². The zero-order valence-electron chi connectivity index (χ0n) is 19.8. The number of carbonyl (C=O) groups excluding carboxylic acids is 2. The number of nitrogens with two attached hydrogens (primary N) is 1. The number of fused-ring (bicyclic) bond motifs is 1. The molecule has 0 aromatic carbocycles.